The van der Waals surface area contributed by atoms with Crippen LogP contribution >= 0.6 is 15.9 Å². The molecule has 1 aromatic heterocycles. The van der Waals surface area contributed by atoms with Crippen molar-refractivity contribution < 1.29 is 13.9 Å². The Morgan fingerprint density at radius 2 is 1.96 bits per heavy atom. The van der Waals surface area contributed by atoms with Crippen molar-refractivity contribution in [2.45, 2.75) is 6.61 Å². The molecule has 0 radical (unpaired) electrons. The van der Waals surface area contributed by atoms with Crippen molar-refractivity contribution in [3.05, 3.63) is 64.5 Å². The van der Waals surface area contributed by atoms with Crippen molar-refractivity contribution in [1.29, 1.82) is 0 Å². The summed E-state index contributed by atoms with van der Waals surface area (Å²) in [6.45, 7) is -0.120. The molecule has 0 aliphatic heterocycles. The van der Waals surface area contributed by atoms with E-state index in [1.54, 1.807) is 18.2 Å². The summed E-state index contributed by atoms with van der Waals surface area (Å²) in [6, 6.07) is 14.3. The number of esters is 1. The van der Waals surface area contributed by atoms with Gasteiger partial charge in [-0.1, -0.05) is 34.1 Å². The Bertz CT molecular complexity index is 834. The molecule has 0 saturated heterocycles. The summed E-state index contributed by atoms with van der Waals surface area (Å²) in [5.41, 5.74) is 7.19. The van der Waals surface area contributed by atoms with Gasteiger partial charge in [0.25, 0.3) is 5.89 Å². The van der Waals surface area contributed by atoms with Gasteiger partial charge in [0.15, 0.2) is 6.61 Å². The van der Waals surface area contributed by atoms with E-state index >= 15 is 0 Å². The topological polar surface area (TPSA) is 91.2 Å². The van der Waals surface area contributed by atoms with Crippen LogP contribution in [0, 0.1) is 0 Å². The normalized spacial score (nSPS) is 10.5. The van der Waals surface area contributed by atoms with E-state index in [-0.39, 0.29) is 18.1 Å². The summed E-state index contributed by atoms with van der Waals surface area (Å²) in [5, 5.41) is 7.79. The van der Waals surface area contributed by atoms with E-state index in [1.807, 2.05) is 30.3 Å². The second-order valence-corrected chi connectivity index (χ2v) is 5.59. The van der Waals surface area contributed by atoms with Crippen LogP contribution in [0.1, 0.15) is 16.2 Å². The lowest BCUT2D eigenvalue weighted by Crippen LogP contribution is -2.08. The van der Waals surface area contributed by atoms with Gasteiger partial charge in [-0.2, -0.15) is 0 Å². The van der Waals surface area contributed by atoms with E-state index in [0.29, 0.717) is 11.6 Å². The van der Waals surface area contributed by atoms with Gasteiger partial charge in [-0.3, -0.25) is 0 Å². The van der Waals surface area contributed by atoms with Gasteiger partial charge in [0, 0.05) is 15.7 Å². The first-order chi connectivity index (χ1) is 11.1. The quantitative estimate of drug-likeness (QED) is 0.556. The lowest BCUT2D eigenvalue weighted by molar-refractivity contribution is 0.0440. The number of hydrogen-bond donors (Lipinski definition) is 1. The van der Waals surface area contributed by atoms with Crippen molar-refractivity contribution in [2.24, 2.45) is 0 Å². The fraction of sp³-hybridized carbons (Fsp3) is 0.0625. The first kappa shape index (κ1) is 15.2. The molecule has 23 heavy (non-hydrogen) atoms. The molecule has 0 atom stereocenters. The van der Waals surface area contributed by atoms with Crippen LogP contribution in [0.15, 0.2) is 57.4 Å². The van der Waals surface area contributed by atoms with Crippen molar-refractivity contribution in [2.75, 3.05) is 5.73 Å². The van der Waals surface area contributed by atoms with E-state index in [2.05, 4.69) is 26.1 Å². The van der Waals surface area contributed by atoms with Gasteiger partial charge in [-0.05, 0) is 30.3 Å². The predicted molar refractivity (Wildman–Crippen MR) is 87.4 cm³/mol. The number of ether oxygens (including phenoxy) is 1. The number of nitrogens with zero attached hydrogens (tertiary/aromatic N) is 2. The monoisotopic (exact) mass is 373 g/mol. The second-order valence-electron chi connectivity index (χ2n) is 4.67. The van der Waals surface area contributed by atoms with E-state index in [4.69, 9.17) is 14.9 Å². The highest BCUT2D eigenvalue weighted by Gasteiger charge is 2.14. The molecule has 3 aromatic rings. The molecule has 2 aromatic carbocycles. The number of aromatic nitrogens is 2. The van der Waals surface area contributed by atoms with Crippen LogP contribution in [0.25, 0.3) is 11.5 Å². The number of benzene rings is 2. The number of nitrogen functional groups attached to an aromatic ring is 1. The molecule has 0 amide bonds. The van der Waals surface area contributed by atoms with E-state index in [1.165, 1.54) is 0 Å². The van der Waals surface area contributed by atoms with Crippen LogP contribution in [-0.4, -0.2) is 16.2 Å². The molecule has 7 heteroatoms. The standard InChI is InChI=1S/C16H12BrN3O3/c17-11-6-7-13(18)12(8-11)16(21)22-9-14-19-20-15(23-14)10-4-2-1-3-5-10/h1-8H,9,18H2. The van der Waals surface area contributed by atoms with Crippen molar-refractivity contribution in [1.82, 2.24) is 10.2 Å². The van der Waals surface area contributed by atoms with Gasteiger partial charge in [0.2, 0.25) is 5.89 Å². The number of carbonyl (C=O) groups excluding carboxylic acids is 1. The highest BCUT2D eigenvalue weighted by molar-refractivity contribution is 9.10. The van der Waals surface area contributed by atoms with Crippen LogP contribution in [0.2, 0.25) is 0 Å². The van der Waals surface area contributed by atoms with E-state index in [9.17, 15) is 4.79 Å². The molecule has 2 N–H and O–H groups in total. The molecule has 3 rings (SSSR count). The average Bonchev–Trinajstić information content (AvgIpc) is 3.05. The van der Waals surface area contributed by atoms with Crippen molar-refractivity contribution in [3.8, 4) is 11.5 Å². The Hall–Kier alpha value is -2.67. The van der Waals surface area contributed by atoms with E-state index in [0.717, 1.165) is 10.0 Å². The third kappa shape index (κ3) is 3.57. The van der Waals surface area contributed by atoms with Crippen LogP contribution in [0.3, 0.4) is 0 Å². The minimum absolute atomic E-state index is 0.120. The lowest BCUT2D eigenvalue weighted by atomic mass is 10.2. The van der Waals surface area contributed by atoms with Crippen LogP contribution < -0.4 is 5.73 Å². The molecule has 0 unspecified atom stereocenters. The molecule has 6 nitrogen and oxygen atoms in total. The Kier molecular flexibility index (Phi) is 4.38. The maximum Gasteiger partial charge on any atom is 0.340 e. The summed E-state index contributed by atoms with van der Waals surface area (Å²) >= 11 is 3.29. The Balaban J connectivity index is 1.68. The summed E-state index contributed by atoms with van der Waals surface area (Å²) in [7, 11) is 0. The molecule has 116 valence electrons. The van der Waals surface area contributed by atoms with Crippen LogP contribution in [-0.2, 0) is 11.3 Å². The Morgan fingerprint density at radius 3 is 2.74 bits per heavy atom. The minimum atomic E-state index is -0.553. The number of rotatable bonds is 4. The molecular formula is C16H12BrN3O3. The summed E-state index contributed by atoms with van der Waals surface area (Å²) in [4.78, 5) is 12.1. The Morgan fingerprint density at radius 1 is 1.17 bits per heavy atom. The zero-order valence-corrected chi connectivity index (χ0v) is 13.5. The average molecular weight is 374 g/mol. The van der Waals surface area contributed by atoms with Gasteiger partial charge in [-0.25, -0.2) is 4.79 Å². The number of carbonyl (C=O) groups is 1. The van der Waals surface area contributed by atoms with Gasteiger partial charge >= 0.3 is 5.97 Å². The molecule has 0 fully saturated rings. The fourth-order valence-electron chi connectivity index (χ4n) is 1.92. The first-order valence-electron chi connectivity index (χ1n) is 6.73. The van der Waals surface area contributed by atoms with Gasteiger partial charge < -0.3 is 14.9 Å². The van der Waals surface area contributed by atoms with Crippen molar-refractivity contribution in [3.63, 3.8) is 0 Å². The smallest absolute Gasteiger partial charge is 0.340 e. The molecule has 0 aliphatic carbocycles. The second kappa shape index (κ2) is 6.62. The predicted octanol–water partition coefficient (Wildman–Crippen LogP) is 3.44. The highest BCUT2D eigenvalue weighted by atomic mass is 79.9. The van der Waals surface area contributed by atoms with Crippen LogP contribution in [0.4, 0.5) is 5.69 Å². The largest absolute Gasteiger partial charge is 0.452 e. The van der Waals surface area contributed by atoms with Gasteiger partial charge in [-0.15, -0.1) is 10.2 Å². The number of halogens is 1. The lowest BCUT2D eigenvalue weighted by Gasteiger charge is -2.05. The van der Waals surface area contributed by atoms with Gasteiger partial charge in [0.05, 0.1) is 5.56 Å². The third-order valence-electron chi connectivity index (χ3n) is 3.05. The SMILES string of the molecule is Nc1ccc(Br)cc1C(=O)OCc1nnc(-c2ccccc2)o1. The summed E-state index contributed by atoms with van der Waals surface area (Å²) in [5.74, 6) is 0.0349. The van der Waals surface area contributed by atoms with Crippen LogP contribution in [0.5, 0.6) is 0 Å². The highest BCUT2D eigenvalue weighted by Crippen LogP contribution is 2.20. The fourth-order valence-corrected chi connectivity index (χ4v) is 2.28. The number of hydrogen-bond acceptors (Lipinski definition) is 6. The van der Waals surface area contributed by atoms with E-state index < -0.39 is 5.97 Å². The molecule has 0 bridgehead atoms. The maximum atomic E-state index is 12.1. The number of nitrogens with two attached hydrogens (primary N) is 1. The molecule has 0 spiro atoms. The molecule has 1 heterocycles. The zero-order valence-electron chi connectivity index (χ0n) is 11.9. The van der Waals surface area contributed by atoms with Crippen molar-refractivity contribution >= 4 is 27.6 Å². The molecular weight excluding hydrogens is 362 g/mol. The maximum absolute atomic E-state index is 12.1. The first-order valence-corrected chi connectivity index (χ1v) is 7.53. The minimum Gasteiger partial charge on any atom is -0.452 e. The number of anilines is 1. The van der Waals surface area contributed by atoms with Gasteiger partial charge in [0.1, 0.15) is 0 Å². The summed E-state index contributed by atoms with van der Waals surface area (Å²) < 4.78 is 11.4. The Labute approximate surface area is 140 Å². The summed E-state index contributed by atoms with van der Waals surface area (Å²) in [6.07, 6.45) is 0. The molecule has 0 aliphatic rings. The third-order valence-corrected chi connectivity index (χ3v) is 3.54. The zero-order chi connectivity index (χ0) is 16.2. The molecule has 0 saturated carbocycles.